The van der Waals surface area contributed by atoms with Gasteiger partial charge in [-0.3, -0.25) is 9.69 Å². The first-order chi connectivity index (χ1) is 25.2. The van der Waals surface area contributed by atoms with Crippen LogP contribution in [0.3, 0.4) is 0 Å². The summed E-state index contributed by atoms with van der Waals surface area (Å²) in [6, 6.07) is 11.5. The summed E-state index contributed by atoms with van der Waals surface area (Å²) in [4.78, 5) is 32.2. The Morgan fingerprint density at radius 1 is 1.06 bits per heavy atom. The lowest BCUT2D eigenvalue weighted by Crippen LogP contribution is -2.68. The molecule has 2 saturated heterocycles. The molecule has 2 aromatic rings. The smallest absolute Gasteiger partial charge is 0.410 e. The predicted molar refractivity (Wildman–Crippen MR) is 203 cm³/mol. The van der Waals surface area contributed by atoms with Crippen LogP contribution in [0.2, 0.25) is 5.02 Å². The fourth-order valence-electron chi connectivity index (χ4n) is 9.99. The third kappa shape index (κ3) is 6.51. The van der Waals surface area contributed by atoms with Crippen molar-refractivity contribution in [2.45, 2.75) is 74.2 Å². The Hall–Kier alpha value is -3.32. The van der Waals surface area contributed by atoms with Gasteiger partial charge in [0.2, 0.25) is 10.0 Å². The molecule has 13 heteroatoms. The van der Waals surface area contributed by atoms with E-state index < -0.39 is 32.4 Å². The number of hydrogen-bond acceptors (Lipinski definition) is 9. The van der Waals surface area contributed by atoms with Gasteiger partial charge in [0.15, 0.2) is 5.60 Å². The number of ether oxygens (including phenoxy) is 3. The van der Waals surface area contributed by atoms with Crippen LogP contribution in [0, 0.1) is 17.8 Å². The van der Waals surface area contributed by atoms with Crippen LogP contribution >= 0.6 is 11.6 Å². The van der Waals surface area contributed by atoms with E-state index in [1.165, 1.54) is 11.1 Å². The summed E-state index contributed by atoms with van der Waals surface area (Å²) in [5, 5.41) is -0.0902. The quantitative estimate of drug-likeness (QED) is 0.410. The van der Waals surface area contributed by atoms with E-state index in [2.05, 4.69) is 38.8 Å². The number of carbonyl (C=O) groups excluding carboxylic acids is 2. The average Bonchev–Trinajstić information content (AvgIpc) is 3.31. The molecule has 0 aromatic heterocycles. The summed E-state index contributed by atoms with van der Waals surface area (Å²) in [5.41, 5.74) is 2.13. The van der Waals surface area contributed by atoms with Crippen molar-refractivity contribution < 1.29 is 32.2 Å². The molecule has 1 N–H and O–H groups in total. The number of carbonyl (C=O) groups is 2. The van der Waals surface area contributed by atoms with Crippen LogP contribution in [0.15, 0.2) is 48.6 Å². The fraction of sp³-hybridized carbons (Fsp3) is 0.600. The Balaban J connectivity index is 1.18. The Kier molecular flexibility index (Phi) is 9.31. The fourth-order valence-corrected chi connectivity index (χ4v) is 11.5. The molecule has 6 atom stereocenters. The molecule has 0 radical (unpaired) electrons. The second-order valence-corrected chi connectivity index (χ2v) is 19.2. The van der Waals surface area contributed by atoms with Crippen LogP contribution in [0.1, 0.15) is 67.4 Å². The van der Waals surface area contributed by atoms with Gasteiger partial charge in [-0.05, 0) is 105 Å². The zero-order chi connectivity index (χ0) is 37.3. The average molecular weight is 767 g/mol. The van der Waals surface area contributed by atoms with Gasteiger partial charge >= 0.3 is 6.09 Å². The zero-order valence-corrected chi connectivity index (χ0v) is 32.7. The van der Waals surface area contributed by atoms with Crippen LogP contribution in [0.25, 0.3) is 0 Å². The molecule has 0 unspecified atom stereocenters. The molecular formula is C40H51ClN4O7S. The van der Waals surface area contributed by atoms with E-state index in [4.69, 9.17) is 25.8 Å². The largest absolute Gasteiger partial charge is 0.490 e. The normalized spacial score (nSPS) is 34.1. The van der Waals surface area contributed by atoms with Gasteiger partial charge in [-0.25, -0.2) is 17.9 Å². The lowest BCUT2D eigenvalue weighted by molar-refractivity contribution is -0.136. The van der Waals surface area contributed by atoms with Crippen molar-refractivity contribution >= 4 is 39.3 Å². The molecule has 2 spiro atoms. The number of aryl methyl sites for hydroxylation is 1. The molecule has 2 aromatic carbocycles. The van der Waals surface area contributed by atoms with Gasteiger partial charge in [-0.15, -0.1) is 0 Å². The van der Waals surface area contributed by atoms with E-state index in [-0.39, 0.29) is 34.8 Å². The first-order valence-corrected chi connectivity index (χ1v) is 20.9. The predicted octanol–water partition coefficient (Wildman–Crippen LogP) is 5.41. The second-order valence-electron chi connectivity index (χ2n) is 16.7. The molecule has 53 heavy (non-hydrogen) atoms. The van der Waals surface area contributed by atoms with Crippen molar-refractivity contribution in [2.75, 3.05) is 64.9 Å². The summed E-state index contributed by atoms with van der Waals surface area (Å²) in [6.45, 7) is 7.90. The molecule has 2 amide bonds. The van der Waals surface area contributed by atoms with Crippen molar-refractivity contribution in [2.24, 2.45) is 17.8 Å². The SMILES string of the molecule is CO[C@@]1(CN2CC3(C2)CN(C)C(=O)O3)/C=C/C[C@H](C)[C@@H](C)S(=O)(=O)NC(=O)c2ccc3c(c2)N(C[C@@H]2CC[C@H]21)C[C@@]1(CCCc2cc(Cl)ccc21)CO3. The minimum absolute atomic E-state index is 0.172. The maximum Gasteiger partial charge on any atom is 0.410 e. The highest BCUT2D eigenvalue weighted by molar-refractivity contribution is 7.90. The maximum atomic E-state index is 13.6. The first kappa shape index (κ1) is 36.6. The molecule has 286 valence electrons. The molecule has 6 aliphatic rings. The van der Waals surface area contributed by atoms with Gasteiger partial charge < -0.3 is 24.0 Å². The lowest BCUT2D eigenvalue weighted by atomic mass is 9.63. The number of rotatable bonds is 3. The topological polar surface area (TPSA) is 118 Å². The highest BCUT2D eigenvalue weighted by atomic mass is 35.5. The van der Waals surface area contributed by atoms with E-state index in [0.717, 1.165) is 42.8 Å². The van der Waals surface area contributed by atoms with Crippen LogP contribution in [-0.4, -0.2) is 107 Å². The number of hydrogen-bond donors (Lipinski definition) is 1. The number of benzene rings is 2. The Bertz CT molecular complexity index is 1930. The van der Waals surface area contributed by atoms with Gasteiger partial charge in [-0.1, -0.05) is 36.7 Å². The van der Waals surface area contributed by atoms with E-state index in [1.54, 1.807) is 38.1 Å². The van der Waals surface area contributed by atoms with E-state index in [0.29, 0.717) is 58.0 Å². The Labute approximate surface area is 318 Å². The molecule has 4 aliphatic heterocycles. The van der Waals surface area contributed by atoms with Crippen molar-refractivity contribution in [3.63, 3.8) is 0 Å². The van der Waals surface area contributed by atoms with Crippen molar-refractivity contribution in [1.29, 1.82) is 0 Å². The monoisotopic (exact) mass is 766 g/mol. The van der Waals surface area contributed by atoms with E-state index in [9.17, 15) is 18.0 Å². The minimum Gasteiger partial charge on any atom is -0.490 e. The Morgan fingerprint density at radius 3 is 2.58 bits per heavy atom. The minimum atomic E-state index is -3.99. The molecule has 8 rings (SSSR count). The number of likely N-dealkylation sites (tertiary alicyclic amines) is 1. The van der Waals surface area contributed by atoms with Gasteiger partial charge in [0.05, 0.1) is 24.1 Å². The summed E-state index contributed by atoms with van der Waals surface area (Å²) in [5.74, 6) is 0.213. The Morgan fingerprint density at radius 2 is 1.87 bits per heavy atom. The van der Waals surface area contributed by atoms with Crippen molar-refractivity contribution in [3.05, 3.63) is 70.3 Å². The molecular weight excluding hydrogens is 716 g/mol. The van der Waals surface area contributed by atoms with Crippen molar-refractivity contribution in [1.82, 2.24) is 14.5 Å². The highest BCUT2D eigenvalue weighted by Gasteiger charge is 2.56. The lowest BCUT2D eigenvalue weighted by Gasteiger charge is -2.54. The van der Waals surface area contributed by atoms with Crippen LogP contribution in [0.5, 0.6) is 5.75 Å². The van der Waals surface area contributed by atoms with Crippen LogP contribution < -0.4 is 14.4 Å². The van der Waals surface area contributed by atoms with Crippen LogP contribution in [-0.2, 0) is 31.3 Å². The number of methoxy groups -OCH3 is 1. The standard InChI is InChI=1S/C40H51ClN4O7S/c1-26-7-5-16-40(50-4,24-44-22-39(23-44)21-43(3)37(47)52-39)33-12-9-30(33)19-45-20-38(15-6-8-28-17-31(41)11-13-32(28)38)25-51-35-14-10-29(18-34(35)45)36(46)42-53(48,49)27(26)2/h5,10-11,13-14,16-18,26-27,30,33H,6-9,12,15,19-25H2,1-4H3,(H,42,46)/b16-5+/t26-,27+,30-,33+,38-,40+/m0/s1. The number of amides is 2. The molecule has 3 fully saturated rings. The zero-order valence-electron chi connectivity index (χ0n) is 31.1. The van der Waals surface area contributed by atoms with Gasteiger partial charge in [0, 0.05) is 62.9 Å². The van der Waals surface area contributed by atoms with E-state index >= 15 is 0 Å². The van der Waals surface area contributed by atoms with Gasteiger partial charge in [0.25, 0.3) is 5.91 Å². The highest BCUT2D eigenvalue weighted by Crippen LogP contribution is 2.50. The third-order valence-electron chi connectivity index (χ3n) is 13.2. The molecule has 1 saturated carbocycles. The summed E-state index contributed by atoms with van der Waals surface area (Å²) in [7, 11) is -0.436. The summed E-state index contributed by atoms with van der Waals surface area (Å²) >= 11 is 6.49. The van der Waals surface area contributed by atoms with Gasteiger partial charge in [-0.2, -0.15) is 0 Å². The summed E-state index contributed by atoms with van der Waals surface area (Å²) < 4.78 is 48.6. The molecule has 4 heterocycles. The third-order valence-corrected chi connectivity index (χ3v) is 15.4. The number of likely N-dealkylation sites (N-methyl/N-ethyl adjacent to an activating group) is 1. The first-order valence-electron chi connectivity index (χ1n) is 19.0. The summed E-state index contributed by atoms with van der Waals surface area (Å²) in [6.07, 6.45) is 9.37. The van der Waals surface area contributed by atoms with Crippen LogP contribution in [0.4, 0.5) is 10.5 Å². The molecule has 2 bridgehead atoms. The molecule has 2 aliphatic carbocycles. The number of sulfonamides is 1. The van der Waals surface area contributed by atoms with E-state index in [1.807, 2.05) is 19.1 Å². The number of nitrogens with zero attached hydrogens (tertiary/aromatic N) is 3. The number of fused-ring (bicyclic) bond motifs is 4. The number of allylic oxidation sites excluding steroid dienone is 1. The number of nitrogens with one attached hydrogen (secondary N) is 1. The molecule has 11 nitrogen and oxygen atoms in total. The number of halogens is 1. The number of anilines is 1. The van der Waals surface area contributed by atoms with Crippen molar-refractivity contribution in [3.8, 4) is 5.75 Å². The maximum absolute atomic E-state index is 13.6. The second kappa shape index (κ2) is 13.5. The van der Waals surface area contributed by atoms with Gasteiger partial charge in [0.1, 0.15) is 11.4 Å².